The number of nitrogens with zero attached hydrogens (tertiary/aromatic N) is 2. The van der Waals surface area contributed by atoms with Crippen molar-refractivity contribution in [2.75, 3.05) is 16.8 Å². The van der Waals surface area contributed by atoms with Crippen molar-refractivity contribution in [3.8, 4) is 0 Å². The highest BCUT2D eigenvalue weighted by Crippen LogP contribution is 2.36. The average molecular weight is 464 g/mol. The molecule has 0 spiro atoms. The fourth-order valence-corrected chi connectivity index (χ4v) is 5.97. The third-order valence-corrected chi connectivity index (χ3v) is 7.53. The second-order valence-corrected chi connectivity index (χ2v) is 9.37. The smallest absolute Gasteiger partial charge is 0.262 e. The number of hydrogen-bond acceptors (Lipinski definition) is 5. The van der Waals surface area contributed by atoms with E-state index >= 15 is 0 Å². The molecule has 1 aromatic heterocycles. The Kier molecular flexibility index (Phi) is 5.71. The van der Waals surface area contributed by atoms with E-state index < -0.39 is 0 Å². The first kappa shape index (κ1) is 20.8. The van der Waals surface area contributed by atoms with Gasteiger partial charge in [0.25, 0.3) is 11.5 Å². The molecule has 0 bridgehead atoms. The molecule has 0 unspecified atom stereocenters. The van der Waals surface area contributed by atoms with Crippen molar-refractivity contribution in [2.24, 2.45) is 0 Å². The molecule has 1 amide bonds. The molecular weight excluding hydrogens is 445 g/mol. The van der Waals surface area contributed by atoms with Gasteiger partial charge in [-0.15, -0.1) is 11.8 Å². The first-order chi connectivity index (χ1) is 15.6. The van der Waals surface area contributed by atoms with Gasteiger partial charge in [-0.1, -0.05) is 36.0 Å². The van der Waals surface area contributed by atoms with Gasteiger partial charge in [0.05, 0.1) is 22.6 Å². The summed E-state index contributed by atoms with van der Waals surface area (Å²) in [6, 6.07) is 20.4. The molecule has 1 atom stereocenters. The van der Waals surface area contributed by atoms with E-state index in [4.69, 9.17) is 0 Å². The molecule has 1 aliphatic rings. The zero-order valence-corrected chi connectivity index (χ0v) is 18.5. The number of rotatable bonds is 5. The summed E-state index contributed by atoms with van der Waals surface area (Å²) >= 11 is 3.18. The molecule has 0 saturated carbocycles. The van der Waals surface area contributed by atoms with E-state index in [0.717, 1.165) is 21.3 Å². The number of nitrogens with one attached hydrogen (secondary N) is 1. The predicted molar refractivity (Wildman–Crippen MR) is 127 cm³/mol. The lowest BCUT2D eigenvalue weighted by atomic mass is 10.2. The number of aromatic nitrogens is 2. The summed E-state index contributed by atoms with van der Waals surface area (Å²) in [6.07, 6.45) is 0. The molecule has 3 aromatic carbocycles. The highest BCUT2D eigenvalue weighted by atomic mass is 32.2. The minimum absolute atomic E-state index is 0.00506. The van der Waals surface area contributed by atoms with Gasteiger partial charge >= 0.3 is 0 Å². The van der Waals surface area contributed by atoms with Crippen molar-refractivity contribution in [3.05, 3.63) is 94.5 Å². The number of hydrogen-bond donors (Lipinski definition) is 1. The molecule has 2 heterocycles. The molecular formula is C24H18FN3O2S2. The summed E-state index contributed by atoms with van der Waals surface area (Å²) < 4.78 is 14.9. The lowest BCUT2D eigenvalue weighted by Crippen LogP contribution is -2.26. The fourth-order valence-electron chi connectivity index (χ4n) is 3.59. The van der Waals surface area contributed by atoms with Crippen LogP contribution in [0.15, 0.2) is 87.6 Å². The van der Waals surface area contributed by atoms with E-state index in [2.05, 4.69) is 10.3 Å². The van der Waals surface area contributed by atoms with E-state index in [9.17, 15) is 14.0 Å². The van der Waals surface area contributed by atoms with Crippen molar-refractivity contribution in [1.29, 1.82) is 0 Å². The van der Waals surface area contributed by atoms with Crippen LogP contribution in [-0.2, 0) is 0 Å². The number of carbonyl (C=O) groups is 1. The van der Waals surface area contributed by atoms with Crippen molar-refractivity contribution < 1.29 is 9.18 Å². The molecule has 0 radical (unpaired) electrons. The molecule has 0 saturated heterocycles. The molecule has 32 heavy (non-hydrogen) atoms. The van der Waals surface area contributed by atoms with Crippen LogP contribution in [0.25, 0.3) is 10.9 Å². The van der Waals surface area contributed by atoms with Crippen LogP contribution in [0.3, 0.4) is 0 Å². The lowest BCUT2D eigenvalue weighted by Gasteiger charge is -2.15. The van der Waals surface area contributed by atoms with Gasteiger partial charge in [-0.3, -0.25) is 14.2 Å². The van der Waals surface area contributed by atoms with Gasteiger partial charge in [-0.25, -0.2) is 9.37 Å². The van der Waals surface area contributed by atoms with Gasteiger partial charge in [-0.05, 0) is 48.5 Å². The maximum absolute atomic E-state index is 13.1. The fraction of sp³-hybridized carbons (Fsp3) is 0.125. The number of anilines is 1. The highest BCUT2D eigenvalue weighted by Gasteiger charge is 2.26. The number of amides is 1. The minimum atomic E-state index is -0.385. The number of fused-ring (bicyclic) bond motifs is 2. The predicted octanol–water partition coefficient (Wildman–Crippen LogP) is 5.23. The maximum atomic E-state index is 13.1. The lowest BCUT2D eigenvalue weighted by molar-refractivity contribution is 0.102. The van der Waals surface area contributed by atoms with Crippen LogP contribution in [0.2, 0.25) is 0 Å². The Hall–Kier alpha value is -3.10. The second-order valence-electron chi connectivity index (χ2n) is 7.32. The molecule has 1 N–H and O–H groups in total. The summed E-state index contributed by atoms with van der Waals surface area (Å²) in [5.41, 5.74) is 1.77. The monoisotopic (exact) mass is 463 g/mol. The summed E-state index contributed by atoms with van der Waals surface area (Å²) in [5, 5.41) is 4.28. The Bertz CT molecular complexity index is 1370. The second kappa shape index (κ2) is 8.80. The summed E-state index contributed by atoms with van der Waals surface area (Å²) in [4.78, 5) is 31.2. The molecule has 5 nitrogen and oxygen atoms in total. The standard InChI is InChI=1S/C24H18FN3O2S2/c25-16-11-9-15(10-12-16)22(29)26-20-7-3-4-8-21(20)31-13-17-14-32-24-27-19-6-2-1-5-18(19)23(30)28(17)24/h1-12,17H,13-14H2,(H,26,29)/t17-/m1/s1. The summed E-state index contributed by atoms with van der Waals surface area (Å²) in [5.74, 6) is 0.760. The normalized spacial score (nSPS) is 15.0. The molecule has 160 valence electrons. The summed E-state index contributed by atoms with van der Waals surface area (Å²) in [7, 11) is 0. The zero-order chi connectivity index (χ0) is 22.1. The summed E-state index contributed by atoms with van der Waals surface area (Å²) in [6.45, 7) is 0. The van der Waals surface area contributed by atoms with E-state index in [-0.39, 0.29) is 23.3 Å². The van der Waals surface area contributed by atoms with Gasteiger partial charge < -0.3 is 5.32 Å². The van der Waals surface area contributed by atoms with Crippen LogP contribution in [0.5, 0.6) is 0 Å². The zero-order valence-electron chi connectivity index (χ0n) is 16.8. The Morgan fingerprint density at radius 1 is 1.09 bits per heavy atom. The van der Waals surface area contributed by atoms with Crippen LogP contribution in [0.1, 0.15) is 16.4 Å². The minimum Gasteiger partial charge on any atom is -0.321 e. The highest BCUT2D eigenvalue weighted by molar-refractivity contribution is 8.00. The van der Waals surface area contributed by atoms with Gasteiger partial charge in [0.1, 0.15) is 5.82 Å². The van der Waals surface area contributed by atoms with Crippen LogP contribution in [0, 0.1) is 5.82 Å². The number of halogens is 1. The SMILES string of the molecule is O=C(Nc1ccccc1SC[C@@H]1CSc2nc3ccccc3c(=O)n21)c1ccc(F)cc1. The van der Waals surface area contributed by atoms with Crippen molar-refractivity contribution in [2.45, 2.75) is 16.1 Å². The van der Waals surface area contributed by atoms with Crippen molar-refractivity contribution in [3.63, 3.8) is 0 Å². The third kappa shape index (κ3) is 4.03. The quantitative estimate of drug-likeness (QED) is 0.324. The van der Waals surface area contributed by atoms with Crippen LogP contribution >= 0.6 is 23.5 Å². The van der Waals surface area contributed by atoms with E-state index in [0.29, 0.717) is 22.4 Å². The largest absolute Gasteiger partial charge is 0.321 e. The van der Waals surface area contributed by atoms with E-state index in [1.807, 2.05) is 48.5 Å². The van der Waals surface area contributed by atoms with Crippen molar-refractivity contribution >= 4 is 46.0 Å². The van der Waals surface area contributed by atoms with Gasteiger partial charge in [-0.2, -0.15) is 0 Å². The third-order valence-electron chi connectivity index (χ3n) is 5.22. The first-order valence-electron chi connectivity index (χ1n) is 10.0. The number of carbonyl (C=O) groups excluding carboxylic acids is 1. The van der Waals surface area contributed by atoms with E-state index in [1.54, 1.807) is 28.1 Å². The molecule has 8 heteroatoms. The molecule has 0 aliphatic carbocycles. The Morgan fingerprint density at radius 2 is 1.84 bits per heavy atom. The molecule has 4 aromatic rings. The van der Waals surface area contributed by atoms with Crippen molar-refractivity contribution in [1.82, 2.24) is 9.55 Å². The van der Waals surface area contributed by atoms with Crippen LogP contribution in [0.4, 0.5) is 10.1 Å². The van der Waals surface area contributed by atoms with Gasteiger partial charge in [0.2, 0.25) is 0 Å². The van der Waals surface area contributed by atoms with E-state index in [1.165, 1.54) is 24.3 Å². The Labute approximate surface area is 192 Å². The van der Waals surface area contributed by atoms with Gasteiger partial charge in [0.15, 0.2) is 5.16 Å². The number of thioether (sulfide) groups is 2. The average Bonchev–Trinajstić information content (AvgIpc) is 3.22. The molecule has 1 aliphatic heterocycles. The molecule has 5 rings (SSSR count). The van der Waals surface area contributed by atoms with Crippen LogP contribution in [-0.4, -0.2) is 27.0 Å². The van der Waals surface area contributed by atoms with Gasteiger partial charge in [0, 0.05) is 22.0 Å². The number of para-hydroxylation sites is 2. The van der Waals surface area contributed by atoms with Crippen LogP contribution < -0.4 is 10.9 Å². The number of benzene rings is 3. The maximum Gasteiger partial charge on any atom is 0.262 e. The molecule has 0 fully saturated rings. The first-order valence-corrected chi connectivity index (χ1v) is 12.0. The Morgan fingerprint density at radius 3 is 2.69 bits per heavy atom. The Balaban J connectivity index is 1.35. The topological polar surface area (TPSA) is 64.0 Å².